The molecule has 0 atom stereocenters. The van der Waals surface area contributed by atoms with E-state index in [-0.39, 0.29) is 29.2 Å². The van der Waals surface area contributed by atoms with Crippen LogP contribution in [-0.4, -0.2) is 22.9 Å². The molecule has 0 fully saturated rings. The van der Waals surface area contributed by atoms with Gasteiger partial charge in [-0.1, -0.05) is 30.3 Å². The van der Waals surface area contributed by atoms with E-state index in [9.17, 15) is 14.7 Å². The van der Waals surface area contributed by atoms with Crippen LogP contribution in [0, 0.1) is 0 Å². The van der Waals surface area contributed by atoms with E-state index >= 15 is 0 Å². The van der Waals surface area contributed by atoms with Crippen LogP contribution in [0.15, 0.2) is 47.3 Å². The van der Waals surface area contributed by atoms with Crippen molar-refractivity contribution in [2.75, 3.05) is 6.79 Å². The number of H-pyrrole nitrogens is 1. The molecule has 4 rings (SSSR count). The minimum Gasteiger partial charge on any atom is -0.477 e. The van der Waals surface area contributed by atoms with Gasteiger partial charge in [-0.15, -0.1) is 0 Å². The van der Waals surface area contributed by atoms with E-state index < -0.39 is 11.4 Å². The second-order valence-corrected chi connectivity index (χ2v) is 5.10. The Balaban J connectivity index is 2.13. The van der Waals surface area contributed by atoms with Gasteiger partial charge in [0.15, 0.2) is 11.5 Å². The second-order valence-electron chi connectivity index (χ2n) is 5.10. The van der Waals surface area contributed by atoms with Crippen molar-refractivity contribution in [1.29, 1.82) is 0 Å². The maximum absolute atomic E-state index is 12.8. The van der Waals surface area contributed by atoms with E-state index in [1.165, 1.54) is 0 Å². The number of aromatic nitrogens is 1. The number of pyridine rings is 1. The molecule has 2 N–H and O–H groups in total. The third-order valence-corrected chi connectivity index (χ3v) is 3.78. The van der Waals surface area contributed by atoms with Gasteiger partial charge in [-0.2, -0.15) is 0 Å². The number of rotatable bonds is 2. The first-order chi connectivity index (χ1) is 11.2. The van der Waals surface area contributed by atoms with Crippen molar-refractivity contribution in [3.8, 4) is 22.8 Å². The first kappa shape index (κ1) is 13.4. The first-order valence-electron chi connectivity index (χ1n) is 6.94. The lowest BCUT2D eigenvalue weighted by Gasteiger charge is -2.10. The smallest absolute Gasteiger partial charge is 0.341 e. The quantitative estimate of drug-likeness (QED) is 0.759. The number of hydrogen-bond acceptors (Lipinski definition) is 4. The Labute approximate surface area is 129 Å². The van der Waals surface area contributed by atoms with Crippen LogP contribution < -0.4 is 14.9 Å². The molecule has 2 aromatic carbocycles. The summed E-state index contributed by atoms with van der Waals surface area (Å²) in [5, 5.41) is 9.72. The van der Waals surface area contributed by atoms with Crippen LogP contribution in [0.2, 0.25) is 0 Å². The average Bonchev–Trinajstić information content (AvgIpc) is 3.03. The lowest BCUT2D eigenvalue weighted by atomic mass is 10.0. The molecule has 0 radical (unpaired) electrons. The molecular weight excluding hydrogens is 298 g/mol. The van der Waals surface area contributed by atoms with Gasteiger partial charge in [0.2, 0.25) is 12.2 Å². The molecule has 6 heteroatoms. The van der Waals surface area contributed by atoms with E-state index in [0.29, 0.717) is 16.8 Å². The average molecular weight is 309 g/mol. The summed E-state index contributed by atoms with van der Waals surface area (Å²) in [6, 6.07) is 12.2. The summed E-state index contributed by atoms with van der Waals surface area (Å²) < 4.78 is 10.6. The molecule has 23 heavy (non-hydrogen) atoms. The second kappa shape index (κ2) is 4.88. The maximum atomic E-state index is 12.8. The van der Waals surface area contributed by atoms with E-state index in [1.54, 1.807) is 36.4 Å². The summed E-state index contributed by atoms with van der Waals surface area (Å²) in [5.74, 6) is -0.568. The molecule has 0 saturated heterocycles. The lowest BCUT2D eigenvalue weighted by molar-refractivity contribution is 0.0696. The van der Waals surface area contributed by atoms with Crippen molar-refractivity contribution >= 4 is 16.9 Å². The van der Waals surface area contributed by atoms with Gasteiger partial charge in [0.05, 0.1) is 16.6 Å². The molecule has 3 aromatic rings. The van der Waals surface area contributed by atoms with E-state index in [1.807, 2.05) is 6.07 Å². The fourth-order valence-corrected chi connectivity index (χ4v) is 2.76. The minimum absolute atomic E-state index is 0.0106. The van der Waals surface area contributed by atoms with Crippen molar-refractivity contribution in [3.05, 3.63) is 58.3 Å². The summed E-state index contributed by atoms with van der Waals surface area (Å²) in [6.45, 7) is 0.0106. The van der Waals surface area contributed by atoms with Crippen LogP contribution in [0.3, 0.4) is 0 Å². The monoisotopic (exact) mass is 309 g/mol. The Kier molecular flexibility index (Phi) is 2.84. The number of aromatic carboxylic acids is 1. The lowest BCUT2D eigenvalue weighted by Crippen LogP contribution is -2.18. The Morgan fingerprint density at radius 1 is 1.09 bits per heavy atom. The maximum Gasteiger partial charge on any atom is 0.341 e. The van der Waals surface area contributed by atoms with Crippen molar-refractivity contribution in [2.24, 2.45) is 0 Å². The molecule has 1 aromatic heterocycles. The molecule has 0 aliphatic carbocycles. The van der Waals surface area contributed by atoms with Crippen molar-refractivity contribution in [3.63, 3.8) is 0 Å². The third-order valence-electron chi connectivity index (χ3n) is 3.78. The van der Waals surface area contributed by atoms with Gasteiger partial charge in [0.1, 0.15) is 5.56 Å². The van der Waals surface area contributed by atoms with E-state index in [2.05, 4.69) is 4.98 Å². The number of carboxylic acid groups (broad SMARTS) is 1. The predicted molar refractivity (Wildman–Crippen MR) is 83.1 cm³/mol. The highest BCUT2D eigenvalue weighted by molar-refractivity contribution is 6.01. The van der Waals surface area contributed by atoms with Crippen LogP contribution in [0.4, 0.5) is 0 Å². The summed E-state index contributed by atoms with van der Waals surface area (Å²) in [4.78, 5) is 27.5. The molecular formula is C17H11NO5. The fraction of sp³-hybridized carbons (Fsp3) is 0.0588. The standard InChI is InChI=1S/C17H11NO5/c19-15-12-10(6-7-11-16(12)23-8-22-11)18-14(13(15)17(20)21)9-4-2-1-3-5-9/h1-7H,8H2,(H,18,19)(H,20,21). The number of fused-ring (bicyclic) bond motifs is 3. The highest BCUT2D eigenvalue weighted by atomic mass is 16.7. The number of aromatic amines is 1. The van der Waals surface area contributed by atoms with Crippen LogP contribution in [-0.2, 0) is 0 Å². The molecule has 2 heterocycles. The Morgan fingerprint density at radius 3 is 2.61 bits per heavy atom. The number of carboxylic acids is 1. The van der Waals surface area contributed by atoms with Gasteiger partial charge in [0, 0.05) is 0 Å². The molecule has 1 aliphatic heterocycles. The molecule has 0 unspecified atom stereocenters. The van der Waals surface area contributed by atoms with Gasteiger partial charge < -0.3 is 19.6 Å². The number of ether oxygens (including phenoxy) is 2. The third kappa shape index (κ3) is 1.96. The van der Waals surface area contributed by atoms with E-state index in [0.717, 1.165) is 0 Å². The fourth-order valence-electron chi connectivity index (χ4n) is 2.76. The van der Waals surface area contributed by atoms with Crippen LogP contribution in [0.5, 0.6) is 11.5 Å². The molecule has 114 valence electrons. The molecule has 6 nitrogen and oxygen atoms in total. The van der Waals surface area contributed by atoms with Crippen LogP contribution in [0.1, 0.15) is 10.4 Å². The first-order valence-corrected chi connectivity index (χ1v) is 6.94. The molecule has 0 bridgehead atoms. The molecule has 0 saturated carbocycles. The number of nitrogens with one attached hydrogen (secondary N) is 1. The van der Waals surface area contributed by atoms with Gasteiger partial charge >= 0.3 is 5.97 Å². The molecule has 1 aliphatic rings. The van der Waals surface area contributed by atoms with Crippen molar-refractivity contribution < 1.29 is 19.4 Å². The zero-order valence-electron chi connectivity index (χ0n) is 11.8. The minimum atomic E-state index is -1.29. The summed E-state index contributed by atoms with van der Waals surface area (Å²) >= 11 is 0. The summed E-state index contributed by atoms with van der Waals surface area (Å²) in [5.41, 5.74) is 0.499. The van der Waals surface area contributed by atoms with Gasteiger partial charge in [-0.3, -0.25) is 4.79 Å². The molecule has 0 spiro atoms. The van der Waals surface area contributed by atoms with Gasteiger partial charge in [-0.25, -0.2) is 4.79 Å². The normalized spacial score (nSPS) is 12.5. The zero-order valence-corrected chi connectivity index (χ0v) is 11.8. The largest absolute Gasteiger partial charge is 0.477 e. The highest BCUT2D eigenvalue weighted by Crippen LogP contribution is 2.38. The Hall–Kier alpha value is -3.28. The summed E-state index contributed by atoms with van der Waals surface area (Å²) in [6.07, 6.45) is 0. The predicted octanol–water partition coefficient (Wildman–Crippen LogP) is 2.62. The SMILES string of the molecule is O=C(O)c1c(-c2ccccc2)[nH]c2ccc3c(c2c1=O)OCO3. The molecule has 0 amide bonds. The summed E-state index contributed by atoms with van der Waals surface area (Å²) in [7, 11) is 0. The van der Waals surface area contributed by atoms with Crippen LogP contribution in [0.25, 0.3) is 22.2 Å². The topological polar surface area (TPSA) is 88.6 Å². The van der Waals surface area contributed by atoms with Crippen LogP contribution >= 0.6 is 0 Å². The van der Waals surface area contributed by atoms with E-state index in [4.69, 9.17) is 9.47 Å². The number of benzene rings is 2. The number of hydrogen-bond donors (Lipinski definition) is 2. The highest BCUT2D eigenvalue weighted by Gasteiger charge is 2.25. The number of carbonyl (C=O) groups is 1. The van der Waals surface area contributed by atoms with Crippen molar-refractivity contribution in [2.45, 2.75) is 0 Å². The Bertz CT molecular complexity index is 991. The van der Waals surface area contributed by atoms with Gasteiger partial charge in [-0.05, 0) is 17.7 Å². The van der Waals surface area contributed by atoms with Crippen molar-refractivity contribution in [1.82, 2.24) is 4.98 Å². The zero-order chi connectivity index (χ0) is 16.0. The Morgan fingerprint density at radius 2 is 1.87 bits per heavy atom. The van der Waals surface area contributed by atoms with Gasteiger partial charge in [0.25, 0.3) is 0 Å².